The molecule has 28 heavy (non-hydrogen) atoms. The first kappa shape index (κ1) is 21.2. The van der Waals surface area contributed by atoms with Crippen LogP contribution in [0, 0.1) is 0 Å². The number of aliphatic imine (C=N–C) groups is 1. The lowest BCUT2D eigenvalue weighted by molar-refractivity contribution is -0.154. The van der Waals surface area contributed by atoms with Crippen molar-refractivity contribution in [1.82, 2.24) is 20.9 Å². The Morgan fingerprint density at radius 2 is 2.07 bits per heavy atom. The molecule has 2 rings (SSSR count). The zero-order valence-corrected chi connectivity index (χ0v) is 15.4. The number of hydrogen-bond acceptors (Lipinski definition) is 6. The second-order valence-corrected chi connectivity index (χ2v) is 6.23. The Morgan fingerprint density at radius 1 is 1.36 bits per heavy atom. The normalized spacial score (nSPS) is 19.9. The van der Waals surface area contributed by atoms with Crippen LogP contribution in [0.3, 0.4) is 0 Å². The zero-order chi connectivity index (χ0) is 20.9. The highest BCUT2D eigenvalue weighted by Gasteiger charge is 2.40. The number of ether oxygens (including phenoxy) is 1. The molecule has 152 valence electrons. The Hall–Kier alpha value is -3.11. The fourth-order valence-electron chi connectivity index (χ4n) is 2.43. The number of nitrogens with one attached hydrogen (secondary N) is 3. The molecule has 1 aromatic heterocycles. The molecule has 1 aliphatic heterocycles. The average Bonchev–Trinajstić information content (AvgIpc) is 2.59. The lowest BCUT2D eigenvalue weighted by atomic mass is 10.1. The van der Waals surface area contributed by atoms with Gasteiger partial charge in [-0.15, -0.1) is 0 Å². The largest absolute Gasteiger partial charge is 0.468 e. The molecule has 0 aromatic carbocycles. The van der Waals surface area contributed by atoms with Gasteiger partial charge in [-0.1, -0.05) is 6.07 Å². The highest BCUT2D eigenvalue weighted by Crippen LogP contribution is 2.19. The number of halogens is 3. The quantitative estimate of drug-likeness (QED) is 0.674. The summed E-state index contributed by atoms with van der Waals surface area (Å²) >= 11 is 0. The summed E-state index contributed by atoms with van der Waals surface area (Å²) in [5, 5.41) is 8.12. The van der Waals surface area contributed by atoms with E-state index in [1.54, 1.807) is 13.8 Å². The molecule has 3 N–H and O–H groups in total. The fraction of sp³-hybridized carbons (Fsp3) is 0.412. The fourth-order valence-corrected chi connectivity index (χ4v) is 2.43. The van der Waals surface area contributed by atoms with Gasteiger partial charge in [0, 0.05) is 31.1 Å². The Kier molecular flexibility index (Phi) is 6.26. The molecule has 2 unspecified atom stereocenters. The topological polar surface area (TPSA) is 105 Å². The maximum atomic E-state index is 12.8. The maximum Gasteiger partial charge on any atom is 0.422 e. The molecule has 0 saturated heterocycles. The van der Waals surface area contributed by atoms with Crippen molar-refractivity contribution in [2.75, 3.05) is 6.61 Å². The molecule has 0 spiro atoms. The van der Waals surface area contributed by atoms with Gasteiger partial charge in [0.15, 0.2) is 6.61 Å². The van der Waals surface area contributed by atoms with Crippen molar-refractivity contribution in [3.8, 4) is 5.88 Å². The summed E-state index contributed by atoms with van der Waals surface area (Å²) in [5.74, 6) is -1.19. The molecule has 1 aromatic rings. The van der Waals surface area contributed by atoms with Crippen LogP contribution in [0.1, 0.15) is 32.4 Å². The number of carbonyl (C=O) groups excluding carboxylic acids is 2. The van der Waals surface area contributed by atoms with Crippen LogP contribution in [0.15, 0.2) is 35.2 Å². The van der Waals surface area contributed by atoms with Crippen LogP contribution in [0.25, 0.3) is 0 Å². The van der Waals surface area contributed by atoms with Crippen LogP contribution in [-0.2, 0) is 9.59 Å². The first-order valence-corrected chi connectivity index (χ1v) is 8.25. The third-order valence-corrected chi connectivity index (χ3v) is 3.65. The summed E-state index contributed by atoms with van der Waals surface area (Å²) in [5.41, 5.74) is -0.445. The van der Waals surface area contributed by atoms with E-state index >= 15 is 0 Å². The molecule has 8 nitrogen and oxygen atoms in total. The van der Waals surface area contributed by atoms with E-state index in [9.17, 15) is 22.8 Å². The molecule has 2 heterocycles. The van der Waals surface area contributed by atoms with Crippen molar-refractivity contribution < 1.29 is 27.5 Å². The molecular weight excluding hydrogens is 379 g/mol. The van der Waals surface area contributed by atoms with E-state index in [2.05, 4.69) is 30.7 Å². The van der Waals surface area contributed by atoms with Crippen molar-refractivity contribution in [2.24, 2.45) is 4.99 Å². The van der Waals surface area contributed by atoms with Gasteiger partial charge in [-0.25, -0.2) is 4.98 Å². The predicted molar refractivity (Wildman–Crippen MR) is 94.3 cm³/mol. The van der Waals surface area contributed by atoms with Gasteiger partial charge in [0.2, 0.25) is 17.5 Å². The summed E-state index contributed by atoms with van der Waals surface area (Å²) in [6.07, 6.45) is -0.383. The van der Waals surface area contributed by atoms with E-state index in [-0.39, 0.29) is 5.88 Å². The molecule has 2 amide bonds. The maximum absolute atomic E-state index is 12.8. The van der Waals surface area contributed by atoms with Crippen molar-refractivity contribution >= 4 is 18.0 Å². The van der Waals surface area contributed by atoms with Crippen LogP contribution in [0.4, 0.5) is 13.2 Å². The molecular formula is C17H20F3N5O3. The van der Waals surface area contributed by atoms with Crippen LogP contribution < -0.4 is 20.7 Å². The van der Waals surface area contributed by atoms with E-state index in [4.69, 9.17) is 0 Å². The molecule has 11 heteroatoms. The highest BCUT2D eigenvalue weighted by atomic mass is 19.4. The number of rotatable bonds is 6. The van der Waals surface area contributed by atoms with E-state index in [1.165, 1.54) is 37.7 Å². The number of nitrogens with zero attached hydrogens (tertiary/aromatic N) is 2. The zero-order valence-electron chi connectivity index (χ0n) is 15.4. The average molecular weight is 399 g/mol. The Morgan fingerprint density at radius 3 is 2.61 bits per heavy atom. The third kappa shape index (κ3) is 5.69. The molecule has 0 fully saturated rings. The van der Waals surface area contributed by atoms with E-state index in [0.717, 1.165) is 0 Å². The number of alkyl halides is 3. The summed E-state index contributed by atoms with van der Waals surface area (Å²) < 4.78 is 41.1. The Bertz CT molecular complexity index is 788. The van der Waals surface area contributed by atoms with Crippen molar-refractivity contribution in [1.29, 1.82) is 0 Å². The lowest BCUT2D eigenvalue weighted by Crippen LogP contribution is -2.68. The number of allylic oxidation sites excluding steroid dienone is 1. The van der Waals surface area contributed by atoms with Gasteiger partial charge < -0.3 is 20.7 Å². The Labute approximate surface area is 159 Å². The third-order valence-electron chi connectivity index (χ3n) is 3.65. The van der Waals surface area contributed by atoms with Gasteiger partial charge in [-0.3, -0.25) is 14.6 Å². The first-order valence-electron chi connectivity index (χ1n) is 8.25. The molecule has 0 aliphatic carbocycles. The number of amides is 2. The molecule has 1 aliphatic rings. The minimum absolute atomic E-state index is 0.184. The minimum atomic E-state index is -4.46. The molecule has 0 bridgehead atoms. The first-order chi connectivity index (χ1) is 13.0. The van der Waals surface area contributed by atoms with E-state index in [0.29, 0.717) is 11.3 Å². The summed E-state index contributed by atoms with van der Waals surface area (Å²) in [6.45, 7) is 3.18. The summed E-state index contributed by atoms with van der Waals surface area (Å²) in [6, 6.07) is 2.21. The SMILES string of the molecule is CC(=O)NC1(C(=O)NC(C)c2ccc(OCC(F)(F)F)nc2)C=NC=C(C)N1. The molecule has 0 saturated carbocycles. The monoisotopic (exact) mass is 399 g/mol. The van der Waals surface area contributed by atoms with Gasteiger partial charge in [-0.05, 0) is 19.4 Å². The Balaban J connectivity index is 2.07. The van der Waals surface area contributed by atoms with Crippen LogP contribution in [-0.4, -0.2) is 41.5 Å². The van der Waals surface area contributed by atoms with Crippen molar-refractivity contribution in [3.63, 3.8) is 0 Å². The van der Waals surface area contributed by atoms with Gasteiger partial charge in [0.05, 0.1) is 12.3 Å². The number of aromatic nitrogens is 1. The van der Waals surface area contributed by atoms with Crippen molar-refractivity contribution in [2.45, 2.75) is 38.7 Å². The minimum Gasteiger partial charge on any atom is -0.468 e. The second kappa shape index (κ2) is 8.28. The van der Waals surface area contributed by atoms with Crippen molar-refractivity contribution in [3.05, 3.63) is 35.8 Å². The van der Waals surface area contributed by atoms with Gasteiger partial charge >= 0.3 is 6.18 Å². The number of pyridine rings is 1. The molecule has 2 atom stereocenters. The van der Waals surface area contributed by atoms with Gasteiger partial charge in [-0.2, -0.15) is 13.2 Å². The molecule has 0 radical (unpaired) electrons. The standard InChI is InChI=1S/C17H20F3N5O3/c1-10-6-21-8-16(24-10,25-12(3)26)15(27)23-11(2)13-4-5-14(22-7-13)28-9-17(18,19)20/h4-8,11,24H,9H2,1-3H3,(H,23,27)(H,25,26). The number of carbonyl (C=O) groups is 2. The van der Waals surface area contributed by atoms with Crippen LogP contribution in [0.2, 0.25) is 0 Å². The lowest BCUT2D eigenvalue weighted by Gasteiger charge is -2.34. The van der Waals surface area contributed by atoms with Crippen LogP contribution in [0.5, 0.6) is 5.88 Å². The van der Waals surface area contributed by atoms with Gasteiger partial charge in [0.1, 0.15) is 0 Å². The van der Waals surface area contributed by atoms with E-state index in [1.807, 2.05) is 0 Å². The van der Waals surface area contributed by atoms with Crippen LogP contribution >= 0.6 is 0 Å². The second-order valence-electron chi connectivity index (χ2n) is 6.23. The summed E-state index contributed by atoms with van der Waals surface area (Å²) in [4.78, 5) is 32.1. The van der Waals surface area contributed by atoms with Gasteiger partial charge in [0.25, 0.3) is 5.91 Å². The smallest absolute Gasteiger partial charge is 0.422 e. The van der Waals surface area contributed by atoms with E-state index < -0.39 is 36.3 Å². The predicted octanol–water partition coefficient (Wildman–Crippen LogP) is 1.57. The number of hydrogen-bond donors (Lipinski definition) is 3. The highest BCUT2D eigenvalue weighted by molar-refractivity contribution is 6.06. The summed E-state index contributed by atoms with van der Waals surface area (Å²) in [7, 11) is 0.